The minimum atomic E-state index is -0.209. The van der Waals surface area contributed by atoms with Gasteiger partial charge in [-0.1, -0.05) is 20.3 Å². The van der Waals surface area contributed by atoms with Gasteiger partial charge < -0.3 is 15.7 Å². The first kappa shape index (κ1) is 16.2. The molecule has 1 aromatic heterocycles. The molecule has 3 rings (SSSR count). The number of aliphatic hydroxyl groups is 1. The van der Waals surface area contributed by atoms with Gasteiger partial charge in [-0.05, 0) is 25.7 Å². The van der Waals surface area contributed by atoms with Crippen LogP contribution in [-0.2, 0) is 13.0 Å². The number of nitrogens with one attached hydrogen (secondary N) is 2. The van der Waals surface area contributed by atoms with E-state index in [1.165, 1.54) is 0 Å². The minimum Gasteiger partial charge on any atom is -0.396 e. The van der Waals surface area contributed by atoms with Gasteiger partial charge in [0.25, 0.3) is 0 Å². The average molecular weight is 321 g/mol. The maximum Gasteiger partial charge on any atom is 0.315 e. The van der Waals surface area contributed by atoms with Gasteiger partial charge in [-0.2, -0.15) is 5.10 Å². The summed E-state index contributed by atoms with van der Waals surface area (Å²) in [4.78, 5) is 16.9. The predicted molar refractivity (Wildman–Crippen MR) is 85.9 cm³/mol. The molecule has 0 bridgehead atoms. The molecule has 3 atom stereocenters. The Labute approximate surface area is 136 Å². The van der Waals surface area contributed by atoms with Crippen LogP contribution in [0, 0.1) is 5.41 Å². The number of urea groups is 1. The monoisotopic (exact) mass is 321 g/mol. The third-order valence-electron chi connectivity index (χ3n) is 5.29. The molecule has 23 heavy (non-hydrogen) atoms. The van der Waals surface area contributed by atoms with Crippen molar-refractivity contribution in [3.8, 4) is 0 Å². The highest BCUT2D eigenvalue weighted by atomic mass is 16.3. The predicted octanol–water partition coefficient (Wildman–Crippen LogP) is 1.53. The highest BCUT2D eigenvalue weighted by molar-refractivity contribution is 5.74. The summed E-state index contributed by atoms with van der Waals surface area (Å²) in [5.74, 6) is 1.69. The number of carbonyl (C=O) groups excluding carboxylic acids is 1. The molecule has 3 N–H and O–H groups in total. The summed E-state index contributed by atoms with van der Waals surface area (Å²) in [6, 6.07) is -0.227. The van der Waals surface area contributed by atoms with E-state index in [2.05, 4.69) is 20.7 Å². The first-order chi connectivity index (χ1) is 11.1. The number of fused-ring (bicyclic) bond motifs is 1. The van der Waals surface area contributed by atoms with Gasteiger partial charge in [-0.15, -0.1) is 0 Å². The molecule has 0 saturated heterocycles. The first-order valence-corrected chi connectivity index (χ1v) is 8.67. The summed E-state index contributed by atoms with van der Waals surface area (Å²) in [6.07, 6.45) is 5.59. The van der Waals surface area contributed by atoms with E-state index in [9.17, 15) is 9.90 Å². The van der Waals surface area contributed by atoms with Crippen LogP contribution < -0.4 is 10.6 Å². The molecule has 2 heterocycles. The summed E-state index contributed by atoms with van der Waals surface area (Å²) in [7, 11) is 0. The van der Waals surface area contributed by atoms with E-state index in [-0.39, 0.29) is 30.1 Å². The Balaban J connectivity index is 1.64. The van der Waals surface area contributed by atoms with Gasteiger partial charge >= 0.3 is 6.03 Å². The number of aromatic nitrogens is 3. The van der Waals surface area contributed by atoms with Gasteiger partial charge in [0, 0.05) is 24.4 Å². The van der Waals surface area contributed by atoms with E-state index in [4.69, 9.17) is 0 Å². The van der Waals surface area contributed by atoms with Gasteiger partial charge in [-0.3, -0.25) is 0 Å². The van der Waals surface area contributed by atoms with Crippen molar-refractivity contribution in [3.63, 3.8) is 0 Å². The summed E-state index contributed by atoms with van der Waals surface area (Å²) in [5, 5.41) is 20.2. The molecular formula is C16H27N5O2. The smallest absolute Gasteiger partial charge is 0.315 e. The van der Waals surface area contributed by atoms with Crippen LogP contribution in [-0.4, -0.2) is 38.6 Å². The molecule has 0 radical (unpaired) electrons. The molecular weight excluding hydrogens is 294 g/mol. The molecule has 2 aliphatic rings. The zero-order valence-corrected chi connectivity index (χ0v) is 14.0. The fourth-order valence-electron chi connectivity index (χ4n) is 3.71. The van der Waals surface area contributed by atoms with E-state index < -0.39 is 0 Å². The quantitative estimate of drug-likeness (QED) is 0.784. The van der Waals surface area contributed by atoms with Crippen LogP contribution in [0.1, 0.15) is 63.6 Å². The lowest BCUT2D eigenvalue weighted by Crippen LogP contribution is -2.49. The standard InChI is InChI=1S/C16H27N5O2/c1-3-13-19-14-11(6-5-9-21(14)20-13)17-15(23)18-12-7-4-8-16(12,2)10-22/h11-12,22H,3-10H2,1-2H3,(H2,17,18,23). The molecule has 128 valence electrons. The lowest BCUT2D eigenvalue weighted by atomic mass is 9.86. The van der Waals surface area contributed by atoms with Crippen molar-refractivity contribution >= 4 is 6.03 Å². The van der Waals surface area contributed by atoms with Crippen molar-refractivity contribution in [2.24, 2.45) is 5.41 Å². The molecule has 1 aliphatic carbocycles. The molecule has 0 aromatic carbocycles. The lowest BCUT2D eigenvalue weighted by molar-refractivity contribution is 0.120. The Hall–Kier alpha value is -1.63. The van der Waals surface area contributed by atoms with E-state index in [1.54, 1.807) is 0 Å². The van der Waals surface area contributed by atoms with Crippen LogP contribution in [0.2, 0.25) is 0 Å². The lowest BCUT2D eigenvalue weighted by Gasteiger charge is -2.31. The number of nitrogens with zero attached hydrogens (tertiary/aromatic N) is 3. The van der Waals surface area contributed by atoms with Crippen LogP contribution in [0.5, 0.6) is 0 Å². The van der Waals surface area contributed by atoms with Crippen molar-refractivity contribution < 1.29 is 9.90 Å². The van der Waals surface area contributed by atoms with Gasteiger partial charge in [0.05, 0.1) is 12.6 Å². The SMILES string of the molecule is CCc1nc2n(n1)CCCC2NC(=O)NC1CCCC1(C)CO. The van der Waals surface area contributed by atoms with Gasteiger partial charge in [0.2, 0.25) is 0 Å². The van der Waals surface area contributed by atoms with Crippen LogP contribution >= 0.6 is 0 Å². The third-order valence-corrected chi connectivity index (χ3v) is 5.29. The highest BCUT2D eigenvalue weighted by Crippen LogP contribution is 2.37. The molecule has 1 saturated carbocycles. The largest absolute Gasteiger partial charge is 0.396 e. The second kappa shape index (κ2) is 6.47. The number of hydrogen-bond acceptors (Lipinski definition) is 4. The highest BCUT2D eigenvalue weighted by Gasteiger charge is 2.39. The topological polar surface area (TPSA) is 92.1 Å². The molecule has 2 amide bonds. The van der Waals surface area contributed by atoms with E-state index in [0.29, 0.717) is 0 Å². The van der Waals surface area contributed by atoms with Crippen LogP contribution in [0.3, 0.4) is 0 Å². The molecule has 7 heteroatoms. The number of amides is 2. The number of hydrogen-bond donors (Lipinski definition) is 3. The number of rotatable bonds is 4. The number of carbonyl (C=O) groups is 1. The second-order valence-corrected chi connectivity index (χ2v) is 7.03. The zero-order chi connectivity index (χ0) is 16.4. The average Bonchev–Trinajstić information content (AvgIpc) is 3.12. The van der Waals surface area contributed by atoms with Crippen molar-refractivity contribution in [1.29, 1.82) is 0 Å². The second-order valence-electron chi connectivity index (χ2n) is 7.03. The fraction of sp³-hybridized carbons (Fsp3) is 0.812. The molecule has 1 aliphatic heterocycles. The molecule has 1 fully saturated rings. The summed E-state index contributed by atoms with van der Waals surface area (Å²) in [5.41, 5.74) is -0.209. The number of aliphatic hydroxyl groups excluding tert-OH is 1. The number of aryl methyl sites for hydroxylation is 2. The van der Waals surface area contributed by atoms with Crippen LogP contribution in [0.25, 0.3) is 0 Å². The van der Waals surface area contributed by atoms with Gasteiger partial charge in [0.15, 0.2) is 5.82 Å². The van der Waals surface area contributed by atoms with Crippen molar-refractivity contribution in [2.75, 3.05) is 6.61 Å². The Morgan fingerprint density at radius 3 is 2.96 bits per heavy atom. The maximum atomic E-state index is 12.4. The minimum absolute atomic E-state index is 0.0279. The molecule has 0 spiro atoms. The van der Waals surface area contributed by atoms with E-state index in [1.807, 2.05) is 18.5 Å². The van der Waals surface area contributed by atoms with Crippen molar-refractivity contribution in [1.82, 2.24) is 25.4 Å². The Morgan fingerprint density at radius 1 is 1.39 bits per heavy atom. The van der Waals surface area contributed by atoms with Gasteiger partial charge in [-0.25, -0.2) is 14.5 Å². The van der Waals surface area contributed by atoms with Crippen molar-refractivity contribution in [3.05, 3.63) is 11.6 Å². The van der Waals surface area contributed by atoms with Gasteiger partial charge in [0.1, 0.15) is 5.82 Å². The van der Waals surface area contributed by atoms with E-state index in [0.717, 1.165) is 56.7 Å². The van der Waals surface area contributed by atoms with Crippen molar-refractivity contribution in [2.45, 2.75) is 71.0 Å². The van der Waals surface area contributed by atoms with E-state index >= 15 is 0 Å². The molecule has 3 unspecified atom stereocenters. The summed E-state index contributed by atoms with van der Waals surface area (Å²) in [6.45, 7) is 5.05. The summed E-state index contributed by atoms with van der Waals surface area (Å²) >= 11 is 0. The summed E-state index contributed by atoms with van der Waals surface area (Å²) < 4.78 is 1.92. The molecule has 1 aromatic rings. The van der Waals surface area contributed by atoms with Crippen LogP contribution in [0.15, 0.2) is 0 Å². The Morgan fingerprint density at radius 2 is 2.22 bits per heavy atom. The first-order valence-electron chi connectivity index (χ1n) is 8.67. The normalized spacial score (nSPS) is 30.0. The molecule has 7 nitrogen and oxygen atoms in total. The fourth-order valence-corrected chi connectivity index (χ4v) is 3.71. The Bertz CT molecular complexity index is 573. The maximum absolute atomic E-state index is 12.4. The zero-order valence-electron chi connectivity index (χ0n) is 14.0. The van der Waals surface area contributed by atoms with Crippen LogP contribution in [0.4, 0.5) is 4.79 Å². The third kappa shape index (κ3) is 3.20. The Kier molecular flexibility index (Phi) is 4.57.